The van der Waals surface area contributed by atoms with E-state index >= 15 is 0 Å². The molecule has 0 aliphatic rings. The van der Waals surface area contributed by atoms with E-state index in [0.29, 0.717) is 31.0 Å². The highest BCUT2D eigenvalue weighted by molar-refractivity contribution is 7.92. The minimum atomic E-state index is -4.11. The maximum absolute atomic E-state index is 14.1. The van der Waals surface area contributed by atoms with Crippen molar-refractivity contribution in [3.63, 3.8) is 0 Å². The van der Waals surface area contributed by atoms with Gasteiger partial charge in [-0.15, -0.1) is 0 Å². The molecule has 0 spiro atoms. The van der Waals surface area contributed by atoms with Crippen LogP contribution in [0.15, 0.2) is 83.8 Å². The van der Waals surface area contributed by atoms with Crippen LogP contribution in [0, 0.1) is 6.92 Å². The van der Waals surface area contributed by atoms with E-state index in [4.69, 9.17) is 4.74 Å². The third-order valence-electron chi connectivity index (χ3n) is 6.70. The van der Waals surface area contributed by atoms with Gasteiger partial charge < -0.3 is 15.0 Å². The number of carbonyl (C=O) groups excluding carboxylic acids is 2. The molecular formula is C32H41N3O5S. The van der Waals surface area contributed by atoms with Crippen molar-refractivity contribution in [2.75, 3.05) is 24.0 Å². The molecule has 0 aromatic heterocycles. The Morgan fingerprint density at radius 3 is 2.24 bits per heavy atom. The second-order valence-electron chi connectivity index (χ2n) is 9.83. The molecule has 0 saturated heterocycles. The van der Waals surface area contributed by atoms with Crippen LogP contribution in [0.2, 0.25) is 0 Å². The first kappa shape index (κ1) is 31.7. The maximum atomic E-state index is 14.1. The largest absolute Gasteiger partial charge is 0.494 e. The van der Waals surface area contributed by atoms with Crippen molar-refractivity contribution < 1.29 is 22.7 Å². The second-order valence-corrected chi connectivity index (χ2v) is 11.7. The fourth-order valence-corrected chi connectivity index (χ4v) is 5.99. The third-order valence-corrected chi connectivity index (χ3v) is 8.48. The Morgan fingerprint density at radius 1 is 0.927 bits per heavy atom. The summed E-state index contributed by atoms with van der Waals surface area (Å²) in [6, 6.07) is 21.6. The van der Waals surface area contributed by atoms with Crippen LogP contribution < -0.4 is 14.4 Å². The highest BCUT2D eigenvalue weighted by Gasteiger charge is 2.33. The fourth-order valence-electron chi connectivity index (χ4n) is 4.56. The van der Waals surface area contributed by atoms with E-state index in [2.05, 4.69) is 5.32 Å². The van der Waals surface area contributed by atoms with Crippen LogP contribution in [0.1, 0.15) is 51.2 Å². The van der Waals surface area contributed by atoms with Crippen molar-refractivity contribution in [3.8, 4) is 5.75 Å². The number of anilines is 1. The van der Waals surface area contributed by atoms with Crippen LogP contribution in [0.25, 0.3) is 0 Å². The topological polar surface area (TPSA) is 96.0 Å². The van der Waals surface area contributed by atoms with Gasteiger partial charge in [0, 0.05) is 13.1 Å². The number of hydrogen-bond acceptors (Lipinski definition) is 5. The Balaban J connectivity index is 2.02. The minimum Gasteiger partial charge on any atom is -0.494 e. The maximum Gasteiger partial charge on any atom is 0.264 e. The molecule has 3 aromatic rings. The monoisotopic (exact) mass is 579 g/mol. The molecule has 0 saturated carbocycles. The summed E-state index contributed by atoms with van der Waals surface area (Å²) in [7, 11) is -4.11. The zero-order valence-corrected chi connectivity index (χ0v) is 25.2. The first-order chi connectivity index (χ1) is 19.7. The number of carbonyl (C=O) groups is 2. The van der Waals surface area contributed by atoms with Gasteiger partial charge in [-0.25, -0.2) is 8.42 Å². The molecule has 220 valence electrons. The van der Waals surface area contributed by atoms with Gasteiger partial charge in [-0.05, 0) is 68.7 Å². The summed E-state index contributed by atoms with van der Waals surface area (Å²) in [5.74, 6) is -0.131. The normalized spacial score (nSPS) is 11.9. The van der Waals surface area contributed by atoms with Crippen LogP contribution in [0.4, 0.5) is 5.69 Å². The molecule has 0 heterocycles. The number of amides is 2. The van der Waals surface area contributed by atoms with E-state index in [-0.39, 0.29) is 17.3 Å². The minimum absolute atomic E-state index is 0.0660. The molecular weight excluding hydrogens is 538 g/mol. The number of unbranched alkanes of at least 4 members (excludes halogenated alkanes) is 1. The molecule has 0 bridgehead atoms. The number of rotatable bonds is 15. The molecule has 1 N–H and O–H groups in total. The first-order valence-electron chi connectivity index (χ1n) is 14.1. The molecule has 8 nitrogen and oxygen atoms in total. The number of hydrogen-bond donors (Lipinski definition) is 1. The Labute approximate surface area is 244 Å². The number of sulfonamides is 1. The highest BCUT2D eigenvalue weighted by Crippen LogP contribution is 2.27. The van der Waals surface area contributed by atoms with E-state index < -0.39 is 28.5 Å². The molecule has 1 unspecified atom stereocenters. The second kappa shape index (κ2) is 15.2. The molecule has 0 aliphatic carbocycles. The molecule has 0 radical (unpaired) electrons. The van der Waals surface area contributed by atoms with Gasteiger partial charge in [0.2, 0.25) is 11.8 Å². The SMILES string of the molecule is CCCCNC(=O)C(CC)N(Cc1cccc(C)c1)C(=O)CN(c1ccc(OCC)cc1)S(=O)(=O)c1ccccc1. The summed E-state index contributed by atoms with van der Waals surface area (Å²) in [4.78, 5) is 29.0. The lowest BCUT2D eigenvalue weighted by molar-refractivity contribution is -0.140. The summed E-state index contributed by atoms with van der Waals surface area (Å²) < 4.78 is 34.4. The van der Waals surface area contributed by atoms with Gasteiger partial charge in [0.25, 0.3) is 10.0 Å². The number of nitrogens with one attached hydrogen (secondary N) is 1. The van der Waals surface area contributed by atoms with E-state index in [1.165, 1.54) is 17.0 Å². The quantitative estimate of drug-likeness (QED) is 0.246. The van der Waals surface area contributed by atoms with Gasteiger partial charge in [-0.2, -0.15) is 0 Å². The van der Waals surface area contributed by atoms with E-state index in [9.17, 15) is 18.0 Å². The summed E-state index contributed by atoms with van der Waals surface area (Å²) >= 11 is 0. The van der Waals surface area contributed by atoms with Crippen LogP contribution in [0.5, 0.6) is 5.75 Å². The van der Waals surface area contributed by atoms with Gasteiger partial charge >= 0.3 is 0 Å². The van der Waals surface area contributed by atoms with Crippen LogP contribution >= 0.6 is 0 Å². The summed E-state index contributed by atoms with van der Waals surface area (Å²) in [6.45, 7) is 8.40. The highest BCUT2D eigenvalue weighted by atomic mass is 32.2. The average Bonchev–Trinajstić information content (AvgIpc) is 2.97. The predicted octanol–water partition coefficient (Wildman–Crippen LogP) is 5.31. The standard InChI is InChI=1S/C32H41N3O5S/c1-5-8-21-33-32(37)30(6-2)34(23-26-14-12-13-25(4)22-26)31(36)24-35(27-17-19-28(20-18-27)40-7-3)41(38,39)29-15-10-9-11-16-29/h9-20,22,30H,5-8,21,23-24H2,1-4H3,(H,33,37). The lowest BCUT2D eigenvalue weighted by atomic mass is 10.1. The van der Waals surface area contributed by atoms with Gasteiger partial charge in [-0.3, -0.25) is 13.9 Å². The van der Waals surface area contributed by atoms with Crippen molar-refractivity contribution in [1.82, 2.24) is 10.2 Å². The Bertz CT molecular complexity index is 1380. The van der Waals surface area contributed by atoms with E-state index in [1.54, 1.807) is 42.5 Å². The lowest BCUT2D eigenvalue weighted by Gasteiger charge is -2.33. The van der Waals surface area contributed by atoms with E-state index in [0.717, 1.165) is 28.3 Å². The number of ether oxygens (including phenoxy) is 1. The molecule has 0 aliphatic heterocycles. The van der Waals surface area contributed by atoms with Crippen molar-refractivity contribution in [2.45, 2.75) is 64.4 Å². The van der Waals surface area contributed by atoms with E-state index in [1.807, 2.05) is 52.0 Å². The molecule has 2 amide bonds. The molecule has 3 aromatic carbocycles. The fraction of sp³-hybridized carbons (Fsp3) is 0.375. The van der Waals surface area contributed by atoms with Crippen molar-refractivity contribution in [3.05, 3.63) is 90.0 Å². The zero-order chi connectivity index (χ0) is 29.8. The molecule has 1 atom stereocenters. The molecule has 3 rings (SSSR count). The average molecular weight is 580 g/mol. The molecule has 41 heavy (non-hydrogen) atoms. The van der Waals surface area contributed by atoms with Gasteiger partial charge in [0.15, 0.2) is 0 Å². The molecule has 9 heteroatoms. The number of aryl methyl sites for hydroxylation is 1. The van der Waals surface area contributed by atoms with Crippen molar-refractivity contribution in [1.29, 1.82) is 0 Å². The van der Waals surface area contributed by atoms with Crippen molar-refractivity contribution in [2.24, 2.45) is 0 Å². The Morgan fingerprint density at radius 2 is 1.63 bits per heavy atom. The molecule has 0 fully saturated rings. The number of benzene rings is 3. The summed E-state index contributed by atoms with van der Waals surface area (Å²) in [5, 5.41) is 2.95. The van der Waals surface area contributed by atoms with Gasteiger partial charge in [0.1, 0.15) is 18.3 Å². The van der Waals surface area contributed by atoms with Crippen LogP contribution in [-0.2, 0) is 26.2 Å². The number of nitrogens with zero attached hydrogens (tertiary/aromatic N) is 2. The van der Waals surface area contributed by atoms with Gasteiger partial charge in [-0.1, -0.05) is 68.3 Å². The third kappa shape index (κ3) is 8.57. The lowest BCUT2D eigenvalue weighted by Crippen LogP contribution is -2.52. The van der Waals surface area contributed by atoms with Crippen LogP contribution in [-0.4, -0.2) is 50.9 Å². The zero-order valence-electron chi connectivity index (χ0n) is 24.4. The van der Waals surface area contributed by atoms with Gasteiger partial charge in [0.05, 0.1) is 17.2 Å². The van der Waals surface area contributed by atoms with Crippen LogP contribution in [0.3, 0.4) is 0 Å². The predicted molar refractivity (Wildman–Crippen MR) is 162 cm³/mol. The van der Waals surface area contributed by atoms with Crippen molar-refractivity contribution >= 4 is 27.5 Å². The smallest absolute Gasteiger partial charge is 0.264 e. The Kier molecular flexibility index (Phi) is 11.8. The first-order valence-corrected chi connectivity index (χ1v) is 15.6. The summed E-state index contributed by atoms with van der Waals surface area (Å²) in [5.41, 5.74) is 2.20. The Hall–Kier alpha value is -3.85. The summed E-state index contributed by atoms with van der Waals surface area (Å²) in [6.07, 6.45) is 2.14.